The molecule has 1 aliphatic heterocycles. The number of rotatable bonds is 1. The first-order chi connectivity index (χ1) is 8.15. The Labute approximate surface area is 102 Å². The normalized spacial score (nSPS) is 20.4. The van der Waals surface area contributed by atoms with E-state index >= 15 is 0 Å². The van der Waals surface area contributed by atoms with E-state index in [0.717, 1.165) is 0 Å². The maximum Gasteiger partial charge on any atom is 0.236 e. The van der Waals surface area contributed by atoms with E-state index in [0.29, 0.717) is 30.1 Å². The summed E-state index contributed by atoms with van der Waals surface area (Å²) < 4.78 is 0. The van der Waals surface area contributed by atoms with Crippen LogP contribution in [-0.2, 0) is 4.79 Å². The molecule has 3 N–H and O–H groups in total. The fraction of sp³-hybridized carbons (Fsp3) is 0.333. The largest absolute Gasteiger partial charge is 0.382 e. The number of nitrogen functional groups attached to an aromatic ring is 1. The van der Waals surface area contributed by atoms with E-state index in [1.54, 1.807) is 0 Å². The van der Waals surface area contributed by atoms with Gasteiger partial charge in [-0.15, -0.1) is 0 Å². The summed E-state index contributed by atoms with van der Waals surface area (Å²) >= 11 is 4.28. The number of hydrogen-bond donors (Lipinski definition) is 3. The summed E-state index contributed by atoms with van der Waals surface area (Å²) in [5, 5.41) is 0.0159. The molecular formula is C9H10N6OS. The quantitative estimate of drug-likeness (QED) is 0.617. The lowest BCUT2D eigenvalue weighted by Gasteiger charge is -2.13. The zero-order chi connectivity index (χ0) is 12.0. The van der Waals surface area contributed by atoms with Crippen LogP contribution in [0.25, 0.3) is 11.2 Å². The number of aromatic nitrogens is 4. The minimum Gasteiger partial charge on any atom is -0.382 e. The molecule has 17 heavy (non-hydrogen) atoms. The first kappa shape index (κ1) is 10.3. The molecule has 1 amide bonds. The first-order valence-corrected chi connectivity index (χ1v) is 5.62. The van der Waals surface area contributed by atoms with Gasteiger partial charge in [-0.25, -0.2) is 4.98 Å². The van der Waals surface area contributed by atoms with Crippen molar-refractivity contribution in [3.8, 4) is 0 Å². The topological polar surface area (TPSA) is 101 Å². The molecule has 8 heteroatoms. The summed E-state index contributed by atoms with van der Waals surface area (Å²) in [5.41, 5.74) is 6.82. The fourth-order valence-corrected chi connectivity index (χ4v) is 2.17. The van der Waals surface area contributed by atoms with Gasteiger partial charge in [-0.2, -0.15) is 22.6 Å². The van der Waals surface area contributed by atoms with Crippen LogP contribution in [0.4, 0.5) is 11.8 Å². The van der Waals surface area contributed by atoms with Crippen molar-refractivity contribution in [2.24, 2.45) is 0 Å². The van der Waals surface area contributed by atoms with E-state index in [-0.39, 0.29) is 17.0 Å². The second-order valence-corrected chi connectivity index (χ2v) is 4.60. The number of thiol groups is 1. The summed E-state index contributed by atoms with van der Waals surface area (Å²) in [5.74, 6) is 0.542. The maximum absolute atomic E-state index is 11.7. The Kier molecular flexibility index (Phi) is 2.18. The number of H-pyrrole nitrogens is 1. The molecule has 1 unspecified atom stereocenters. The van der Waals surface area contributed by atoms with Gasteiger partial charge in [0.25, 0.3) is 0 Å². The van der Waals surface area contributed by atoms with Gasteiger partial charge < -0.3 is 10.7 Å². The lowest BCUT2D eigenvalue weighted by atomic mass is 10.4. The third-order valence-corrected chi connectivity index (χ3v) is 2.99. The van der Waals surface area contributed by atoms with Crippen LogP contribution in [0, 0.1) is 0 Å². The van der Waals surface area contributed by atoms with Gasteiger partial charge in [-0.1, -0.05) is 0 Å². The summed E-state index contributed by atoms with van der Waals surface area (Å²) in [6, 6.07) is 0. The molecule has 0 spiro atoms. The molecule has 0 aromatic carbocycles. The molecule has 1 saturated heterocycles. The highest BCUT2D eigenvalue weighted by Gasteiger charge is 2.30. The molecule has 0 aliphatic carbocycles. The zero-order valence-corrected chi connectivity index (χ0v) is 9.69. The second kappa shape index (κ2) is 3.59. The van der Waals surface area contributed by atoms with Crippen molar-refractivity contribution in [2.75, 3.05) is 17.2 Å². The fourth-order valence-electron chi connectivity index (χ4n) is 1.85. The maximum atomic E-state index is 11.7. The average molecular weight is 250 g/mol. The van der Waals surface area contributed by atoms with Crippen LogP contribution in [0.5, 0.6) is 0 Å². The Morgan fingerprint density at radius 2 is 2.35 bits per heavy atom. The second-order valence-electron chi connectivity index (χ2n) is 3.87. The molecular weight excluding hydrogens is 240 g/mol. The molecule has 88 valence electrons. The first-order valence-electron chi connectivity index (χ1n) is 5.10. The van der Waals surface area contributed by atoms with Gasteiger partial charge >= 0.3 is 0 Å². The number of aromatic amines is 1. The predicted octanol–water partition coefficient (Wildman–Crippen LogP) is -0.0298. The summed E-state index contributed by atoms with van der Waals surface area (Å²) in [7, 11) is 0. The number of anilines is 2. The molecule has 2 aromatic rings. The van der Waals surface area contributed by atoms with Gasteiger partial charge in [0.1, 0.15) is 5.52 Å². The van der Waals surface area contributed by atoms with Crippen LogP contribution < -0.4 is 10.6 Å². The van der Waals surface area contributed by atoms with Crippen molar-refractivity contribution < 1.29 is 4.79 Å². The number of carbonyl (C=O) groups is 1. The minimum atomic E-state index is -0.0423. The van der Waals surface area contributed by atoms with E-state index in [4.69, 9.17) is 5.73 Å². The van der Waals surface area contributed by atoms with Crippen molar-refractivity contribution in [1.29, 1.82) is 0 Å². The smallest absolute Gasteiger partial charge is 0.236 e. The van der Waals surface area contributed by atoms with E-state index < -0.39 is 0 Å². The van der Waals surface area contributed by atoms with Gasteiger partial charge in [0, 0.05) is 18.2 Å². The van der Waals surface area contributed by atoms with Crippen LogP contribution in [0.2, 0.25) is 0 Å². The Balaban J connectivity index is 2.08. The van der Waals surface area contributed by atoms with Crippen molar-refractivity contribution in [1.82, 2.24) is 19.9 Å². The standard InChI is InChI=1S/C9H10N6OS/c10-7-6-8(12-3-11-6)14-9(13-7)15-2-4(17)1-5(15)16/h3-4,17H,1-2H2,(H3,10,11,12,13,14). The van der Waals surface area contributed by atoms with Crippen LogP contribution in [0.1, 0.15) is 6.42 Å². The summed E-state index contributed by atoms with van der Waals surface area (Å²) in [6.45, 7) is 0.497. The monoisotopic (exact) mass is 250 g/mol. The van der Waals surface area contributed by atoms with E-state index in [9.17, 15) is 4.79 Å². The molecule has 0 radical (unpaired) electrons. The number of carbonyl (C=O) groups excluding carboxylic acids is 1. The third-order valence-electron chi connectivity index (χ3n) is 2.65. The molecule has 1 aliphatic rings. The molecule has 0 bridgehead atoms. The summed E-state index contributed by atoms with van der Waals surface area (Å²) in [6.07, 6.45) is 1.89. The average Bonchev–Trinajstić information content (AvgIpc) is 2.84. The van der Waals surface area contributed by atoms with E-state index in [1.807, 2.05) is 0 Å². The molecule has 3 heterocycles. The van der Waals surface area contributed by atoms with Gasteiger partial charge in [-0.3, -0.25) is 9.69 Å². The van der Waals surface area contributed by atoms with Crippen molar-refractivity contribution in [3.05, 3.63) is 6.33 Å². The number of hydrogen-bond acceptors (Lipinski definition) is 6. The molecule has 1 atom stereocenters. The number of fused-ring (bicyclic) bond motifs is 1. The Bertz CT molecular complexity index is 596. The lowest BCUT2D eigenvalue weighted by Crippen LogP contribution is -2.27. The van der Waals surface area contributed by atoms with Crippen molar-refractivity contribution in [3.63, 3.8) is 0 Å². The lowest BCUT2D eigenvalue weighted by molar-refractivity contribution is -0.117. The van der Waals surface area contributed by atoms with Gasteiger partial charge in [0.05, 0.1) is 6.33 Å². The highest BCUT2D eigenvalue weighted by atomic mass is 32.1. The number of imidazole rings is 1. The zero-order valence-electron chi connectivity index (χ0n) is 8.79. The molecule has 7 nitrogen and oxygen atoms in total. The van der Waals surface area contributed by atoms with Crippen LogP contribution >= 0.6 is 12.6 Å². The number of nitrogens with one attached hydrogen (secondary N) is 1. The van der Waals surface area contributed by atoms with Crippen molar-refractivity contribution in [2.45, 2.75) is 11.7 Å². The SMILES string of the molecule is Nc1nc(N2CC(S)CC2=O)nc2nc[nH]c12. The van der Waals surface area contributed by atoms with Crippen LogP contribution in [0.3, 0.4) is 0 Å². The molecule has 2 aromatic heterocycles. The van der Waals surface area contributed by atoms with E-state index in [1.165, 1.54) is 11.2 Å². The van der Waals surface area contributed by atoms with Gasteiger partial charge in [0.15, 0.2) is 11.5 Å². The van der Waals surface area contributed by atoms with Crippen LogP contribution in [0.15, 0.2) is 6.33 Å². The van der Waals surface area contributed by atoms with Gasteiger partial charge in [-0.05, 0) is 0 Å². The third kappa shape index (κ3) is 1.60. The highest BCUT2D eigenvalue weighted by Crippen LogP contribution is 2.23. The number of amides is 1. The highest BCUT2D eigenvalue weighted by molar-refractivity contribution is 7.81. The predicted molar refractivity (Wildman–Crippen MR) is 65.8 cm³/mol. The molecule has 3 rings (SSSR count). The Morgan fingerprint density at radius 1 is 1.53 bits per heavy atom. The van der Waals surface area contributed by atoms with E-state index in [2.05, 4.69) is 32.6 Å². The van der Waals surface area contributed by atoms with Crippen LogP contribution in [-0.4, -0.2) is 37.6 Å². The Morgan fingerprint density at radius 3 is 3.06 bits per heavy atom. The van der Waals surface area contributed by atoms with Crippen molar-refractivity contribution >= 4 is 41.5 Å². The Hall–Kier alpha value is -1.83. The number of nitrogens with two attached hydrogens (primary N) is 1. The summed E-state index contributed by atoms with van der Waals surface area (Å²) in [4.78, 5) is 28.4. The van der Waals surface area contributed by atoms with Gasteiger partial charge in [0.2, 0.25) is 11.9 Å². The number of nitrogens with zero attached hydrogens (tertiary/aromatic N) is 4. The molecule has 1 fully saturated rings. The molecule has 0 saturated carbocycles. The minimum absolute atomic E-state index is 0.0159.